The Morgan fingerprint density at radius 1 is 1.05 bits per heavy atom. The molecule has 2 N–H and O–H groups in total. The molecule has 0 radical (unpaired) electrons. The molecular weight excluding hydrogens is 258 g/mol. The van der Waals surface area contributed by atoms with E-state index in [4.69, 9.17) is 22.1 Å². The van der Waals surface area contributed by atoms with Crippen molar-refractivity contribution in [2.45, 2.75) is 19.4 Å². The van der Waals surface area contributed by atoms with Crippen LogP contribution < -0.4 is 5.73 Å². The van der Waals surface area contributed by atoms with Gasteiger partial charge in [0.1, 0.15) is 0 Å². The van der Waals surface area contributed by atoms with Crippen LogP contribution in [0, 0.1) is 0 Å². The van der Waals surface area contributed by atoms with Crippen LogP contribution in [-0.2, 0) is 17.8 Å². The molecular formula is C16H18ClNO. The average molecular weight is 276 g/mol. The fourth-order valence-electron chi connectivity index (χ4n) is 1.91. The van der Waals surface area contributed by atoms with Crippen molar-refractivity contribution >= 4 is 17.3 Å². The van der Waals surface area contributed by atoms with Crippen LogP contribution in [0.1, 0.15) is 17.5 Å². The molecule has 0 aliphatic heterocycles. The molecule has 0 heterocycles. The summed E-state index contributed by atoms with van der Waals surface area (Å²) in [5.74, 6) is 0. The van der Waals surface area contributed by atoms with E-state index in [1.165, 1.54) is 5.56 Å². The van der Waals surface area contributed by atoms with E-state index in [9.17, 15) is 0 Å². The molecule has 0 spiro atoms. The molecule has 2 aromatic rings. The van der Waals surface area contributed by atoms with Gasteiger partial charge in [0.2, 0.25) is 0 Å². The van der Waals surface area contributed by atoms with Crippen molar-refractivity contribution in [2.75, 3.05) is 12.3 Å². The van der Waals surface area contributed by atoms with Crippen molar-refractivity contribution in [3.63, 3.8) is 0 Å². The van der Waals surface area contributed by atoms with Crippen molar-refractivity contribution < 1.29 is 4.74 Å². The fourth-order valence-corrected chi connectivity index (χ4v) is 2.08. The summed E-state index contributed by atoms with van der Waals surface area (Å²) in [6.07, 6.45) is 2.04. The number of aryl methyl sites for hydroxylation is 1. The highest BCUT2D eigenvalue weighted by atomic mass is 35.5. The second kappa shape index (κ2) is 7.17. The lowest BCUT2D eigenvalue weighted by Crippen LogP contribution is -1.99. The zero-order chi connectivity index (χ0) is 13.5. The van der Waals surface area contributed by atoms with Crippen LogP contribution in [0.2, 0.25) is 5.02 Å². The number of ether oxygens (including phenoxy) is 1. The Morgan fingerprint density at radius 2 is 1.84 bits per heavy atom. The highest BCUT2D eigenvalue weighted by Crippen LogP contribution is 2.19. The van der Waals surface area contributed by atoms with Gasteiger partial charge in [-0.05, 0) is 42.2 Å². The van der Waals surface area contributed by atoms with Gasteiger partial charge in [0, 0.05) is 17.3 Å². The molecule has 2 aromatic carbocycles. The maximum atomic E-state index is 6.07. The Hall–Kier alpha value is -1.51. The van der Waals surface area contributed by atoms with Crippen LogP contribution in [0.3, 0.4) is 0 Å². The summed E-state index contributed by atoms with van der Waals surface area (Å²) in [4.78, 5) is 0. The SMILES string of the molecule is Nc1ccc(Cl)c(COCCCc2ccccc2)c1. The van der Waals surface area contributed by atoms with E-state index >= 15 is 0 Å². The van der Waals surface area contributed by atoms with Gasteiger partial charge in [0.25, 0.3) is 0 Å². The molecule has 0 saturated heterocycles. The number of hydrogen-bond acceptors (Lipinski definition) is 2. The predicted molar refractivity (Wildman–Crippen MR) is 80.3 cm³/mol. The van der Waals surface area contributed by atoms with Crippen molar-refractivity contribution in [3.8, 4) is 0 Å². The molecule has 100 valence electrons. The zero-order valence-corrected chi connectivity index (χ0v) is 11.6. The minimum atomic E-state index is 0.513. The quantitative estimate of drug-likeness (QED) is 0.637. The number of nitrogen functional groups attached to an aromatic ring is 1. The molecule has 0 unspecified atom stereocenters. The van der Waals surface area contributed by atoms with E-state index in [2.05, 4.69) is 24.3 Å². The van der Waals surface area contributed by atoms with Crippen LogP contribution in [0.5, 0.6) is 0 Å². The second-order valence-corrected chi connectivity index (χ2v) is 4.90. The normalized spacial score (nSPS) is 10.6. The monoisotopic (exact) mass is 275 g/mol. The van der Waals surface area contributed by atoms with Crippen molar-refractivity contribution in [2.24, 2.45) is 0 Å². The van der Waals surface area contributed by atoms with Crippen LogP contribution in [0.25, 0.3) is 0 Å². The molecule has 19 heavy (non-hydrogen) atoms. The van der Waals surface area contributed by atoms with Gasteiger partial charge >= 0.3 is 0 Å². The maximum absolute atomic E-state index is 6.07. The van der Waals surface area contributed by atoms with Crippen molar-refractivity contribution in [1.29, 1.82) is 0 Å². The van der Waals surface area contributed by atoms with E-state index in [0.717, 1.165) is 25.0 Å². The summed E-state index contributed by atoms with van der Waals surface area (Å²) in [7, 11) is 0. The minimum absolute atomic E-state index is 0.513. The molecule has 0 saturated carbocycles. The average Bonchev–Trinajstić information content (AvgIpc) is 2.43. The van der Waals surface area contributed by atoms with Gasteiger partial charge in [-0.1, -0.05) is 41.9 Å². The number of benzene rings is 2. The molecule has 2 nitrogen and oxygen atoms in total. The summed E-state index contributed by atoms with van der Waals surface area (Å²) in [6.45, 7) is 1.23. The Kier molecular flexibility index (Phi) is 5.25. The number of rotatable bonds is 6. The van der Waals surface area contributed by atoms with E-state index in [1.54, 1.807) is 12.1 Å². The topological polar surface area (TPSA) is 35.2 Å². The highest BCUT2D eigenvalue weighted by molar-refractivity contribution is 6.31. The van der Waals surface area contributed by atoms with Crippen LogP contribution in [0.15, 0.2) is 48.5 Å². The molecule has 0 aliphatic carbocycles. The van der Waals surface area contributed by atoms with E-state index in [-0.39, 0.29) is 0 Å². The van der Waals surface area contributed by atoms with Gasteiger partial charge in [-0.2, -0.15) is 0 Å². The van der Waals surface area contributed by atoms with Gasteiger partial charge in [-0.25, -0.2) is 0 Å². The summed E-state index contributed by atoms with van der Waals surface area (Å²) in [5.41, 5.74) is 8.72. The van der Waals surface area contributed by atoms with Crippen molar-refractivity contribution in [3.05, 3.63) is 64.7 Å². The molecule has 0 aromatic heterocycles. The van der Waals surface area contributed by atoms with Gasteiger partial charge in [0.05, 0.1) is 6.61 Å². The predicted octanol–water partition coefficient (Wildman–Crippen LogP) is 4.07. The number of halogens is 1. The minimum Gasteiger partial charge on any atom is -0.399 e. The largest absolute Gasteiger partial charge is 0.399 e. The standard InChI is InChI=1S/C16H18ClNO/c17-16-9-8-15(18)11-14(16)12-19-10-4-7-13-5-2-1-3-6-13/h1-3,5-6,8-9,11H,4,7,10,12,18H2. The van der Waals surface area contributed by atoms with Crippen LogP contribution in [-0.4, -0.2) is 6.61 Å². The zero-order valence-electron chi connectivity index (χ0n) is 10.8. The van der Waals surface area contributed by atoms with Gasteiger partial charge in [-0.15, -0.1) is 0 Å². The third kappa shape index (κ3) is 4.58. The smallest absolute Gasteiger partial charge is 0.0732 e. The highest BCUT2D eigenvalue weighted by Gasteiger charge is 2.01. The summed E-state index contributed by atoms with van der Waals surface area (Å²) >= 11 is 6.07. The van der Waals surface area contributed by atoms with Crippen LogP contribution >= 0.6 is 11.6 Å². The fraction of sp³-hybridized carbons (Fsp3) is 0.250. The molecule has 0 aliphatic rings. The third-order valence-corrected chi connectivity index (χ3v) is 3.29. The lowest BCUT2D eigenvalue weighted by atomic mass is 10.1. The van der Waals surface area contributed by atoms with E-state index in [0.29, 0.717) is 17.3 Å². The Morgan fingerprint density at radius 3 is 2.63 bits per heavy atom. The number of nitrogens with two attached hydrogens (primary N) is 1. The lowest BCUT2D eigenvalue weighted by molar-refractivity contribution is 0.119. The Balaban J connectivity index is 1.71. The molecule has 3 heteroatoms. The van der Waals surface area contributed by atoms with Crippen molar-refractivity contribution in [1.82, 2.24) is 0 Å². The van der Waals surface area contributed by atoms with Gasteiger partial charge < -0.3 is 10.5 Å². The Bertz CT molecular complexity index is 513. The molecule has 0 atom stereocenters. The second-order valence-electron chi connectivity index (χ2n) is 4.49. The number of hydrogen-bond donors (Lipinski definition) is 1. The van der Waals surface area contributed by atoms with Gasteiger partial charge in [0.15, 0.2) is 0 Å². The first-order valence-electron chi connectivity index (χ1n) is 6.41. The third-order valence-electron chi connectivity index (χ3n) is 2.92. The molecule has 2 rings (SSSR count). The lowest BCUT2D eigenvalue weighted by Gasteiger charge is -2.07. The van der Waals surface area contributed by atoms with Crippen LogP contribution in [0.4, 0.5) is 5.69 Å². The number of anilines is 1. The van der Waals surface area contributed by atoms with E-state index in [1.807, 2.05) is 12.1 Å². The summed E-state index contributed by atoms with van der Waals surface area (Å²) < 4.78 is 5.64. The van der Waals surface area contributed by atoms with Gasteiger partial charge in [-0.3, -0.25) is 0 Å². The van der Waals surface area contributed by atoms with E-state index < -0.39 is 0 Å². The summed E-state index contributed by atoms with van der Waals surface area (Å²) in [6, 6.07) is 15.9. The Labute approximate surface area is 119 Å². The first-order valence-corrected chi connectivity index (χ1v) is 6.79. The first kappa shape index (κ1) is 13.9. The molecule has 0 bridgehead atoms. The molecule has 0 fully saturated rings. The summed E-state index contributed by atoms with van der Waals surface area (Å²) in [5, 5.41) is 0.706. The molecule has 0 amide bonds. The maximum Gasteiger partial charge on any atom is 0.0732 e. The first-order chi connectivity index (χ1) is 9.25.